The summed E-state index contributed by atoms with van der Waals surface area (Å²) in [5.41, 5.74) is -0.0666. The summed E-state index contributed by atoms with van der Waals surface area (Å²) in [5.74, 6) is 0. The molecule has 0 aliphatic carbocycles. The fraction of sp³-hybridized carbons (Fsp3) is 0.600. The van der Waals surface area contributed by atoms with E-state index in [-0.39, 0.29) is 5.41 Å². The Labute approximate surface area is 106 Å². The lowest BCUT2D eigenvalue weighted by Crippen LogP contribution is -2.34. The van der Waals surface area contributed by atoms with E-state index in [2.05, 4.69) is 0 Å². The first-order valence-electron chi connectivity index (χ1n) is 4.84. The van der Waals surface area contributed by atoms with Crippen LogP contribution in [0.2, 0.25) is 4.34 Å². The average molecular weight is 282 g/mol. The number of rotatable bonds is 3. The van der Waals surface area contributed by atoms with E-state index in [9.17, 15) is 8.42 Å². The Morgan fingerprint density at radius 2 is 1.94 bits per heavy atom. The van der Waals surface area contributed by atoms with E-state index in [0.29, 0.717) is 15.1 Å². The number of sulfonamides is 1. The number of thiophene rings is 1. The molecule has 1 rings (SSSR count). The van der Waals surface area contributed by atoms with Crippen LogP contribution in [0.4, 0.5) is 0 Å². The fourth-order valence-electron chi connectivity index (χ4n) is 1.34. The third kappa shape index (κ3) is 3.45. The molecule has 0 aromatic carbocycles. The van der Waals surface area contributed by atoms with Gasteiger partial charge < -0.3 is 0 Å². The van der Waals surface area contributed by atoms with Gasteiger partial charge in [-0.25, -0.2) is 8.42 Å². The third-order valence-electron chi connectivity index (χ3n) is 1.91. The average Bonchev–Trinajstić information content (AvgIpc) is 2.48. The van der Waals surface area contributed by atoms with Gasteiger partial charge in [-0.3, -0.25) is 0 Å². The summed E-state index contributed by atoms with van der Waals surface area (Å²) in [6, 6.07) is 3.14. The molecule has 92 valence electrons. The molecule has 0 atom stereocenters. The van der Waals surface area contributed by atoms with E-state index in [1.165, 1.54) is 4.31 Å². The highest BCUT2D eigenvalue weighted by Crippen LogP contribution is 2.28. The standard InChI is InChI=1S/C10H16ClNO2S2/c1-10(2,3)7-12(4)16(13,14)9-6-5-8(11)15-9/h5-6H,7H2,1-4H3. The largest absolute Gasteiger partial charge is 0.252 e. The Balaban J connectivity index is 2.95. The van der Waals surface area contributed by atoms with E-state index >= 15 is 0 Å². The molecule has 1 heterocycles. The molecule has 0 amide bonds. The third-order valence-corrected chi connectivity index (χ3v) is 5.41. The number of hydrogen-bond donors (Lipinski definition) is 0. The normalized spacial score (nSPS) is 13.4. The Kier molecular flexibility index (Phi) is 4.05. The highest BCUT2D eigenvalue weighted by molar-refractivity contribution is 7.91. The Morgan fingerprint density at radius 1 is 1.38 bits per heavy atom. The van der Waals surface area contributed by atoms with E-state index < -0.39 is 10.0 Å². The number of nitrogens with zero attached hydrogens (tertiary/aromatic N) is 1. The lowest BCUT2D eigenvalue weighted by molar-refractivity contribution is 0.311. The lowest BCUT2D eigenvalue weighted by atomic mass is 9.97. The second kappa shape index (κ2) is 4.64. The van der Waals surface area contributed by atoms with Crippen molar-refractivity contribution >= 4 is 33.0 Å². The van der Waals surface area contributed by atoms with Crippen LogP contribution in [0.5, 0.6) is 0 Å². The molecule has 0 bridgehead atoms. The molecule has 6 heteroatoms. The predicted molar refractivity (Wildman–Crippen MR) is 68.6 cm³/mol. The van der Waals surface area contributed by atoms with Crippen molar-refractivity contribution in [2.45, 2.75) is 25.0 Å². The van der Waals surface area contributed by atoms with Crippen LogP contribution in [0.1, 0.15) is 20.8 Å². The molecule has 0 aliphatic heterocycles. The van der Waals surface area contributed by atoms with Crippen molar-refractivity contribution in [1.29, 1.82) is 0 Å². The molecule has 0 aliphatic rings. The minimum atomic E-state index is -3.38. The minimum absolute atomic E-state index is 0.0666. The molecule has 0 spiro atoms. The number of halogens is 1. The number of hydrogen-bond acceptors (Lipinski definition) is 3. The molecule has 0 saturated heterocycles. The van der Waals surface area contributed by atoms with Crippen LogP contribution in [0.25, 0.3) is 0 Å². The summed E-state index contributed by atoms with van der Waals surface area (Å²) in [7, 11) is -1.79. The van der Waals surface area contributed by atoms with Crippen molar-refractivity contribution in [1.82, 2.24) is 4.31 Å². The fourth-order valence-corrected chi connectivity index (χ4v) is 4.43. The summed E-state index contributed by atoms with van der Waals surface area (Å²) in [5, 5.41) is 0. The van der Waals surface area contributed by atoms with Gasteiger partial charge in [-0.2, -0.15) is 4.31 Å². The highest BCUT2D eigenvalue weighted by Gasteiger charge is 2.26. The molecule has 0 saturated carbocycles. The molecule has 1 aromatic rings. The van der Waals surface area contributed by atoms with Crippen LogP contribution < -0.4 is 0 Å². The monoisotopic (exact) mass is 281 g/mol. The molecular weight excluding hydrogens is 266 g/mol. The summed E-state index contributed by atoms with van der Waals surface area (Å²) in [6.07, 6.45) is 0. The molecule has 0 unspecified atom stereocenters. The molecule has 16 heavy (non-hydrogen) atoms. The van der Waals surface area contributed by atoms with E-state index in [0.717, 1.165) is 11.3 Å². The topological polar surface area (TPSA) is 37.4 Å². The van der Waals surface area contributed by atoms with Crippen molar-refractivity contribution in [2.75, 3.05) is 13.6 Å². The second-order valence-electron chi connectivity index (χ2n) is 4.88. The molecule has 0 fully saturated rings. The summed E-state index contributed by atoms with van der Waals surface area (Å²) >= 11 is 6.82. The van der Waals surface area contributed by atoms with Gasteiger partial charge in [-0.05, 0) is 17.5 Å². The van der Waals surface area contributed by atoms with Gasteiger partial charge in [-0.1, -0.05) is 32.4 Å². The van der Waals surface area contributed by atoms with Crippen LogP contribution >= 0.6 is 22.9 Å². The zero-order chi connectivity index (χ0) is 12.6. The van der Waals surface area contributed by atoms with Gasteiger partial charge in [0.1, 0.15) is 4.21 Å². The predicted octanol–water partition coefficient (Wildman–Crippen LogP) is 3.07. The van der Waals surface area contributed by atoms with Crippen LogP contribution in [0.15, 0.2) is 16.3 Å². The summed E-state index contributed by atoms with van der Waals surface area (Å²) < 4.78 is 26.4. The van der Waals surface area contributed by atoms with Crippen molar-refractivity contribution < 1.29 is 8.42 Å². The van der Waals surface area contributed by atoms with Crippen LogP contribution in [0, 0.1) is 5.41 Å². The van der Waals surface area contributed by atoms with Crippen molar-refractivity contribution in [3.8, 4) is 0 Å². The van der Waals surface area contributed by atoms with Crippen molar-refractivity contribution in [2.24, 2.45) is 5.41 Å². The van der Waals surface area contributed by atoms with Gasteiger partial charge in [0.15, 0.2) is 0 Å². The molecule has 3 nitrogen and oxygen atoms in total. The highest BCUT2D eigenvalue weighted by atomic mass is 35.5. The first-order valence-corrected chi connectivity index (χ1v) is 7.48. The van der Waals surface area contributed by atoms with Gasteiger partial charge in [0.2, 0.25) is 0 Å². The van der Waals surface area contributed by atoms with Crippen LogP contribution in [-0.2, 0) is 10.0 Å². The molecule has 0 radical (unpaired) electrons. The van der Waals surface area contributed by atoms with Gasteiger partial charge in [0, 0.05) is 13.6 Å². The molecule has 1 aromatic heterocycles. The quantitative estimate of drug-likeness (QED) is 0.854. The SMILES string of the molecule is CN(CC(C)(C)C)S(=O)(=O)c1ccc(Cl)s1. The first-order chi connectivity index (χ1) is 7.13. The van der Waals surface area contributed by atoms with Crippen molar-refractivity contribution in [3.05, 3.63) is 16.5 Å². The molecule has 0 N–H and O–H groups in total. The Hall–Kier alpha value is -0.100. The lowest BCUT2D eigenvalue weighted by Gasteiger charge is -2.25. The maximum absolute atomic E-state index is 12.1. The van der Waals surface area contributed by atoms with Crippen molar-refractivity contribution in [3.63, 3.8) is 0 Å². The van der Waals surface area contributed by atoms with Gasteiger partial charge in [-0.15, -0.1) is 11.3 Å². The molecular formula is C10H16ClNO2S2. The van der Waals surface area contributed by atoms with Gasteiger partial charge >= 0.3 is 0 Å². The zero-order valence-corrected chi connectivity index (χ0v) is 12.2. The van der Waals surface area contributed by atoms with E-state index in [1.54, 1.807) is 19.2 Å². The maximum atomic E-state index is 12.1. The Morgan fingerprint density at radius 3 is 2.31 bits per heavy atom. The summed E-state index contributed by atoms with van der Waals surface area (Å²) in [4.78, 5) is 0. The second-order valence-corrected chi connectivity index (χ2v) is 8.87. The van der Waals surface area contributed by atoms with Gasteiger partial charge in [0.25, 0.3) is 10.0 Å². The van der Waals surface area contributed by atoms with E-state index in [4.69, 9.17) is 11.6 Å². The zero-order valence-electron chi connectivity index (χ0n) is 9.82. The first kappa shape index (κ1) is 14.0. The van der Waals surface area contributed by atoms with Crippen LogP contribution in [0.3, 0.4) is 0 Å². The smallest absolute Gasteiger partial charge is 0.206 e. The Bertz CT molecular complexity index is 459. The van der Waals surface area contributed by atoms with E-state index in [1.807, 2.05) is 20.8 Å². The minimum Gasteiger partial charge on any atom is -0.206 e. The summed E-state index contributed by atoms with van der Waals surface area (Å²) in [6.45, 7) is 6.48. The maximum Gasteiger partial charge on any atom is 0.252 e. The van der Waals surface area contributed by atoms with Gasteiger partial charge in [0.05, 0.1) is 4.34 Å². The van der Waals surface area contributed by atoms with Crippen LogP contribution in [-0.4, -0.2) is 26.3 Å².